The van der Waals surface area contributed by atoms with Gasteiger partial charge in [0.1, 0.15) is 6.61 Å². The number of allylic oxidation sites excluding steroid dienone is 12. The van der Waals surface area contributed by atoms with Gasteiger partial charge >= 0.3 is 19.8 Å². The molecule has 58 heavy (non-hydrogen) atoms. The summed E-state index contributed by atoms with van der Waals surface area (Å²) in [7, 11) is -4.39. The molecule has 3 N–H and O–H groups in total. The SMILES string of the molecule is CC/C=C\C/C=C\C/C=C\C/C=C\CCCCCCCCCCCCC(=O)OC(COC(=O)CCCCCCC/C=C\C/C=C\CCCC)COP(=O)(O)OCCN. The quantitative estimate of drug-likeness (QED) is 0.0267. The Kier molecular flexibility index (Phi) is 42.1. The van der Waals surface area contributed by atoms with Gasteiger partial charge in [0.25, 0.3) is 0 Å². The summed E-state index contributed by atoms with van der Waals surface area (Å²) in [6.07, 6.45) is 53.6. The Labute approximate surface area is 354 Å². The Bertz CT molecular complexity index is 1180. The molecule has 0 aromatic rings. The van der Waals surface area contributed by atoms with Crippen molar-refractivity contribution in [3.8, 4) is 0 Å². The average Bonchev–Trinajstić information content (AvgIpc) is 3.21. The van der Waals surface area contributed by atoms with Crippen molar-refractivity contribution in [2.75, 3.05) is 26.4 Å². The smallest absolute Gasteiger partial charge is 0.462 e. The summed E-state index contributed by atoms with van der Waals surface area (Å²) in [5, 5.41) is 0. The molecule has 0 aliphatic carbocycles. The van der Waals surface area contributed by atoms with Crippen LogP contribution in [0, 0.1) is 0 Å². The van der Waals surface area contributed by atoms with Crippen molar-refractivity contribution in [3.63, 3.8) is 0 Å². The number of unbranched alkanes of at least 4 members (excludes halogenated alkanes) is 17. The number of ether oxygens (including phenoxy) is 2. The maximum atomic E-state index is 12.6. The van der Waals surface area contributed by atoms with E-state index in [1.54, 1.807) is 0 Å². The first kappa shape index (κ1) is 55.5. The molecule has 0 amide bonds. The highest BCUT2D eigenvalue weighted by Gasteiger charge is 2.26. The molecule has 0 radical (unpaired) electrons. The van der Waals surface area contributed by atoms with E-state index in [-0.39, 0.29) is 32.6 Å². The van der Waals surface area contributed by atoms with E-state index in [1.165, 1.54) is 51.4 Å². The van der Waals surface area contributed by atoms with Crippen LogP contribution in [-0.4, -0.2) is 49.3 Å². The highest BCUT2D eigenvalue weighted by atomic mass is 31.2. The highest BCUT2D eigenvalue weighted by molar-refractivity contribution is 7.47. The highest BCUT2D eigenvalue weighted by Crippen LogP contribution is 2.43. The molecule has 0 heterocycles. The molecule has 9 nitrogen and oxygen atoms in total. The first-order chi connectivity index (χ1) is 28.3. The van der Waals surface area contributed by atoms with E-state index in [4.69, 9.17) is 24.3 Å². The van der Waals surface area contributed by atoms with E-state index in [2.05, 4.69) is 86.8 Å². The van der Waals surface area contributed by atoms with Crippen LogP contribution in [0.4, 0.5) is 0 Å². The molecule has 0 bridgehead atoms. The number of phosphoric acid groups is 1. The van der Waals surface area contributed by atoms with Crippen LogP contribution in [-0.2, 0) is 32.7 Å². The summed E-state index contributed by atoms with van der Waals surface area (Å²) >= 11 is 0. The molecule has 334 valence electrons. The lowest BCUT2D eigenvalue weighted by Crippen LogP contribution is -2.29. The lowest BCUT2D eigenvalue weighted by atomic mass is 10.0. The monoisotopic (exact) mass is 834 g/mol. The van der Waals surface area contributed by atoms with Gasteiger partial charge in [-0.1, -0.05) is 170 Å². The van der Waals surface area contributed by atoms with Gasteiger partial charge in [-0.25, -0.2) is 4.57 Å². The lowest BCUT2D eigenvalue weighted by Gasteiger charge is -2.19. The first-order valence-corrected chi connectivity index (χ1v) is 24.4. The summed E-state index contributed by atoms with van der Waals surface area (Å²) in [6.45, 7) is 3.55. The summed E-state index contributed by atoms with van der Waals surface area (Å²) in [5.74, 6) is -0.853. The maximum absolute atomic E-state index is 12.6. The van der Waals surface area contributed by atoms with Gasteiger partial charge in [-0.2, -0.15) is 0 Å². The molecule has 0 saturated heterocycles. The third-order valence-electron chi connectivity index (χ3n) is 9.33. The van der Waals surface area contributed by atoms with E-state index in [0.717, 1.165) is 96.3 Å². The van der Waals surface area contributed by atoms with Gasteiger partial charge in [0, 0.05) is 19.4 Å². The van der Waals surface area contributed by atoms with Crippen LogP contribution in [0.25, 0.3) is 0 Å². The minimum atomic E-state index is -4.39. The Morgan fingerprint density at radius 1 is 0.534 bits per heavy atom. The summed E-state index contributed by atoms with van der Waals surface area (Å²) in [4.78, 5) is 34.9. The Hall–Kier alpha value is -2.55. The number of carbonyl (C=O) groups is 2. The maximum Gasteiger partial charge on any atom is 0.472 e. The summed E-state index contributed by atoms with van der Waals surface area (Å²) in [6, 6.07) is 0. The molecule has 0 spiro atoms. The van der Waals surface area contributed by atoms with Crippen molar-refractivity contribution in [2.45, 2.75) is 193 Å². The minimum absolute atomic E-state index is 0.0474. The molecule has 0 aliphatic heterocycles. The zero-order valence-electron chi connectivity index (χ0n) is 36.8. The third kappa shape index (κ3) is 43.0. The first-order valence-electron chi connectivity index (χ1n) is 22.9. The second-order valence-electron chi connectivity index (χ2n) is 14.9. The molecule has 2 atom stereocenters. The molecule has 0 saturated carbocycles. The fourth-order valence-electron chi connectivity index (χ4n) is 5.94. The number of nitrogens with two attached hydrogens (primary N) is 1. The topological polar surface area (TPSA) is 134 Å². The minimum Gasteiger partial charge on any atom is -0.462 e. The van der Waals surface area contributed by atoms with Gasteiger partial charge in [-0.05, 0) is 77.0 Å². The van der Waals surface area contributed by atoms with E-state index < -0.39 is 32.5 Å². The van der Waals surface area contributed by atoms with Crippen LogP contribution in [0.15, 0.2) is 72.9 Å². The second-order valence-corrected chi connectivity index (χ2v) is 16.3. The fraction of sp³-hybridized carbons (Fsp3) is 0.708. The lowest BCUT2D eigenvalue weighted by molar-refractivity contribution is -0.161. The van der Waals surface area contributed by atoms with Gasteiger partial charge < -0.3 is 20.1 Å². The number of carbonyl (C=O) groups excluding carboxylic acids is 2. The van der Waals surface area contributed by atoms with Crippen molar-refractivity contribution in [2.24, 2.45) is 5.73 Å². The fourth-order valence-corrected chi connectivity index (χ4v) is 6.70. The standard InChI is InChI=1S/C48H84NO8P/c1-3-5-7-9-11-13-15-17-19-20-21-22-23-24-25-26-27-29-31-33-35-37-39-41-48(51)57-46(45-56-58(52,53)55-43-42-49)44-54-47(50)40-38-36-34-32-30-28-18-16-14-12-10-8-6-4-2/h5,7,10-13,16-19,21-22,46H,3-4,6,8-9,14-15,20,23-45,49H2,1-2H3,(H,52,53)/b7-5-,12-10-,13-11-,18-16-,19-17-,22-21-. The van der Waals surface area contributed by atoms with E-state index in [9.17, 15) is 19.0 Å². The zero-order chi connectivity index (χ0) is 42.5. The summed E-state index contributed by atoms with van der Waals surface area (Å²) in [5.41, 5.74) is 5.35. The number of esters is 2. The molecule has 0 aromatic carbocycles. The van der Waals surface area contributed by atoms with Crippen LogP contribution in [0.3, 0.4) is 0 Å². The third-order valence-corrected chi connectivity index (χ3v) is 10.3. The van der Waals surface area contributed by atoms with E-state index in [1.807, 2.05) is 0 Å². The molecule has 0 aliphatic rings. The predicted molar refractivity (Wildman–Crippen MR) is 242 cm³/mol. The van der Waals surface area contributed by atoms with Crippen molar-refractivity contribution in [1.29, 1.82) is 0 Å². The van der Waals surface area contributed by atoms with Gasteiger partial charge in [0.2, 0.25) is 0 Å². The number of hydrogen-bond acceptors (Lipinski definition) is 8. The second kappa shape index (κ2) is 44.0. The largest absolute Gasteiger partial charge is 0.472 e. The van der Waals surface area contributed by atoms with E-state index in [0.29, 0.717) is 12.8 Å². The molecular formula is C48H84NO8P. The molecule has 2 unspecified atom stereocenters. The molecule has 10 heteroatoms. The molecule has 0 fully saturated rings. The molecule has 0 rings (SSSR count). The zero-order valence-corrected chi connectivity index (χ0v) is 37.6. The van der Waals surface area contributed by atoms with Gasteiger partial charge in [-0.15, -0.1) is 0 Å². The van der Waals surface area contributed by atoms with Crippen molar-refractivity contribution < 1.29 is 37.6 Å². The number of hydrogen-bond donors (Lipinski definition) is 2. The normalized spacial score (nSPS) is 13.9. The van der Waals surface area contributed by atoms with Crippen molar-refractivity contribution >= 4 is 19.8 Å². The van der Waals surface area contributed by atoms with Crippen LogP contribution in [0.2, 0.25) is 0 Å². The Morgan fingerprint density at radius 3 is 1.41 bits per heavy atom. The van der Waals surface area contributed by atoms with Crippen LogP contribution >= 0.6 is 7.82 Å². The van der Waals surface area contributed by atoms with Gasteiger partial charge in [0.15, 0.2) is 6.10 Å². The molecular weight excluding hydrogens is 750 g/mol. The Balaban J connectivity index is 4.12. The summed E-state index contributed by atoms with van der Waals surface area (Å²) < 4.78 is 32.8. The van der Waals surface area contributed by atoms with Gasteiger partial charge in [0.05, 0.1) is 13.2 Å². The van der Waals surface area contributed by atoms with E-state index >= 15 is 0 Å². The van der Waals surface area contributed by atoms with Crippen molar-refractivity contribution in [3.05, 3.63) is 72.9 Å². The van der Waals surface area contributed by atoms with Crippen LogP contribution in [0.5, 0.6) is 0 Å². The number of phosphoric ester groups is 1. The Morgan fingerprint density at radius 2 is 0.948 bits per heavy atom. The van der Waals surface area contributed by atoms with Crippen LogP contribution in [0.1, 0.15) is 187 Å². The van der Waals surface area contributed by atoms with Gasteiger partial charge in [-0.3, -0.25) is 18.6 Å². The predicted octanol–water partition coefficient (Wildman–Crippen LogP) is 13.4. The number of rotatable bonds is 42. The van der Waals surface area contributed by atoms with Crippen molar-refractivity contribution in [1.82, 2.24) is 0 Å². The average molecular weight is 834 g/mol. The van der Waals surface area contributed by atoms with Crippen LogP contribution < -0.4 is 5.73 Å². The molecule has 0 aromatic heterocycles.